The number of benzene rings is 4. The van der Waals surface area contributed by atoms with Gasteiger partial charge in [0.05, 0.1) is 11.4 Å². The highest BCUT2D eigenvalue weighted by molar-refractivity contribution is 7.80. The summed E-state index contributed by atoms with van der Waals surface area (Å²) in [5.41, 5.74) is 7.77. The molecule has 32 heavy (non-hydrogen) atoms. The summed E-state index contributed by atoms with van der Waals surface area (Å²) in [4.78, 5) is 11.8. The predicted molar refractivity (Wildman–Crippen MR) is 143 cm³/mol. The monoisotopic (exact) mass is 452 g/mol. The molecule has 158 valence electrons. The fourth-order valence-corrected chi connectivity index (χ4v) is 4.28. The van der Waals surface area contributed by atoms with Gasteiger partial charge in [0.15, 0.2) is 0 Å². The molecule has 4 aromatic rings. The zero-order valence-corrected chi connectivity index (χ0v) is 19.8. The number of aliphatic imine (C=N–C) groups is 2. The fraction of sp³-hybridized carbons (Fsp3) is 0.0714. The largest absolute Gasteiger partial charge is 0.252 e. The van der Waals surface area contributed by atoms with Crippen LogP contribution in [0.2, 0.25) is 0 Å². The van der Waals surface area contributed by atoms with E-state index in [1.165, 1.54) is 0 Å². The molecule has 0 N–H and O–H groups in total. The molecule has 4 heteroatoms. The molecule has 0 spiro atoms. The van der Waals surface area contributed by atoms with Crippen molar-refractivity contribution < 1.29 is 0 Å². The number of nitrogens with zero attached hydrogens (tertiary/aromatic N) is 2. The first-order valence-electron chi connectivity index (χ1n) is 10.4. The standard InChI is InChI=1S/C28H24N2S2/c1-19(21-11-5-9-17-27(21)31)29-25-15-7-3-13-23(25)24-14-4-8-16-26(24)30-20(2)22-12-6-10-18-28(22)32/h3-18,31-32H,1-2H3. The topological polar surface area (TPSA) is 24.7 Å². The number of hydrogen-bond donors (Lipinski definition) is 2. The Bertz CT molecular complexity index is 1220. The normalized spacial score (nSPS) is 12.1. The van der Waals surface area contributed by atoms with E-state index in [4.69, 9.17) is 9.98 Å². The molecular formula is C28H24N2S2. The Balaban J connectivity index is 1.80. The van der Waals surface area contributed by atoms with Crippen LogP contribution >= 0.6 is 25.3 Å². The van der Waals surface area contributed by atoms with Crippen LogP contribution in [-0.2, 0) is 0 Å². The maximum Gasteiger partial charge on any atom is 0.0712 e. The third kappa shape index (κ3) is 4.87. The molecule has 0 amide bonds. The van der Waals surface area contributed by atoms with Crippen molar-refractivity contribution in [2.45, 2.75) is 23.6 Å². The zero-order chi connectivity index (χ0) is 22.5. The van der Waals surface area contributed by atoms with Crippen molar-refractivity contribution in [1.82, 2.24) is 0 Å². The SMILES string of the molecule is CC(=Nc1ccccc1-c1ccccc1N=C(C)c1ccccc1S)c1ccccc1S. The lowest BCUT2D eigenvalue weighted by molar-refractivity contribution is 1.38. The van der Waals surface area contributed by atoms with E-state index in [9.17, 15) is 0 Å². The van der Waals surface area contributed by atoms with Crippen LogP contribution in [0.3, 0.4) is 0 Å². The van der Waals surface area contributed by atoms with Gasteiger partial charge < -0.3 is 0 Å². The van der Waals surface area contributed by atoms with Gasteiger partial charge >= 0.3 is 0 Å². The Kier molecular flexibility index (Phi) is 6.93. The minimum Gasteiger partial charge on any atom is -0.252 e. The van der Waals surface area contributed by atoms with Gasteiger partial charge in [-0.2, -0.15) is 0 Å². The van der Waals surface area contributed by atoms with Crippen LogP contribution in [0.1, 0.15) is 25.0 Å². The van der Waals surface area contributed by atoms with Crippen molar-refractivity contribution in [3.63, 3.8) is 0 Å². The molecule has 0 fully saturated rings. The maximum absolute atomic E-state index is 4.97. The Hall–Kier alpha value is -3.08. The fourth-order valence-electron chi connectivity index (χ4n) is 3.64. The van der Waals surface area contributed by atoms with Gasteiger partial charge in [-0.25, -0.2) is 0 Å². The number of hydrogen-bond acceptors (Lipinski definition) is 4. The highest BCUT2D eigenvalue weighted by Gasteiger charge is 2.11. The lowest BCUT2D eigenvalue weighted by Crippen LogP contribution is -1.96. The van der Waals surface area contributed by atoms with E-state index in [-0.39, 0.29) is 0 Å². The van der Waals surface area contributed by atoms with E-state index in [0.717, 1.165) is 54.8 Å². The molecule has 0 bridgehead atoms. The van der Waals surface area contributed by atoms with Gasteiger partial charge in [0.2, 0.25) is 0 Å². The minimum absolute atomic E-state index is 0.900. The number of rotatable bonds is 5. The molecule has 0 saturated carbocycles. The second-order valence-electron chi connectivity index (χ2n) is 7.46. The number of para-hydroxylation sites is 2. The van der Waals surface area contributed by atoms with Crippen LogP contribution < -0.4 is 0 Å². The molecule has 0 atom stereocenters. The van der Waals surface area contributed by atoms with Crippen LogP contribution in [0.4, 0.5) is 11.4 Å². The summed E-state index contributed by atoms with van der Waals surface area (Å²) in [6.07, 6.45) is 0. The van der Waals surface area contributed by atoms with E-state index in [1.54, 1.807) is 0 Å². The number of thiol groups is 2. The summed E-state index contributed by atoms with van der Waals surface area (Å²) in [6.45, 7) is 4.04. The first kappa shape index (κ1) is 22.1. The second kappa shape index (κ2) is 10.0. The highest BCUT2D eigenvalue weighted by atomic mass is 32.1. The van der Waals surface area contributed by atoms with Crippen LogP contribution in [0.25, 0.3) is 11.1 Å². The summed E-state index contributed by atoms with van der Waals surface area (Å²) >= 11 is 9.18. The molecule has 0 unspecified atom stereocenters. The molecule has 0 aromatic heterocycles. The Morgan fingerprint density at radius 3 is 1.25 bits per heavy atom. The summed E-state index contributed by atoms with van der Waals surface area (Å²) < 4.78 is 0. The van der Waals surface area contributed by atoms with Gasteiger partial charge in [-0.05, 0) is 38.1 Å². The third-order valence-electron chi connectivity index (χ3n) is 5.26. The smallest absolute Gasteiger partial charge is 0.0712 e. The second-order valence-corrected chi connectivity index (χ2v) is 8.43. The first-order valence-corrected chi connectivity index (χ1v) is 11.3. The zero-order valence-electron chi connectivity index (χ0n) is 18.0. The van der Waals surface area contributed by atoms with Gasteiger partial charge in [-0.1, -0.05) is 72.8 Å². The van der Waals surface area contributed by atoms with Crippen molar-refractivity contribution in [1.29, 1.82) is 0 Å². The average Bonchev–Trinajstić information content (AvgIpc) is 2.80. The molecule has 0 aliphatic rings. The van der Waals surface area contributed by atoms with Crippen molar-refractivity contribution >= 4 is 48.1 Å². The summed E-state index contributed by atoms with van der Waals surface area (Å²) in [7, 11) is 0. The third-order valence-corrected chi connectivity index (χ3v) is 6.04. The Morgan fingerprint density at radius 1 is 0.500 bits per heavy atom. The molecule has 0 heterocycles. The average molecular weight is 453 g/mol. The minimum atomic E-state index is 0.900. The summed E-state index contributed by atoms with van der Waals surface area (Å²) in [5.74, 6) is 0. The Morgan fingerprint density at radius 2 is 0.844 bits per heavy atom. The van der Waals surface area contributed by atoms with Gasteiger partial charge in [-0.3, -0.25) is 9.98 Å². The maximum atomic E-state index is 4.97. The van der Waals surface area contributed by atoms with Crippen molar-refractivity contribution in [2.75, 3.05) is 0 Å². The van der Waals surface area contributed by atoms with Crippen molar-refractivity contribution in [3.05, 3.63) is 108 Å². The quantitative estimate of drug-likeness (QED) is 0.225. The van der Waals surface area contributed by atoms with E-state index in [0.29, 0.717) is 0 Å². The van der Waals surface area contributed by atoms with E-state index < -0.39 is 0 Å². The molecule has 0 saturated heterocycles. The molecule has 0 aliphatic heterocycles. The van der Waals surface area contributed by atoms with Gasteiger partial charge in [-0.15, -0.1) is 25.3 Å². The van der Waals surface area contributed by atoms with Gasteiger partial charge in [0, 0.05) is 43.5 Å². The summed E-state index contributed by atoms with van der Waals surface area (Å²) in [5, 5.41) is 0. The van der Waals surface area contributed by atoms with Crippen LogP contribution in [0.15, 0.2) is 117 Å². The molecule has 0 aliphatic carbocycles. The van der Waals surface area contributed by atoms with Gasteiger partial charge in [0.1, 0.15) is 0 Å². The lowest BCUT2D eigenvalue weighted by atomic mass is 10.0. The molecule has 2 nitrogen and oxygen atoms in total. The molecule has 0 radical (unpaired) electrons. The molecular weight excluding hydrogens is 428 g/mol. The molecule has 4 aromatic carbocycles. The van der Waals surface area contributed by atoms with Crippen LogP contribution in [-0.4, -0.2) is 11.4 Å². The lowest BCUT2D eigenvalue weighted by Gasteiger charge is -2.12. The Labute approximate surface area is 200 Å². The van der Waals surface area contributed by atoms with Crippen molar-refractivity contribution in [3.8, 4) is 11.1 Å². The summed E-state index contributed by atoms with van der Waals surface area (Å²) in [6, 6.07) is 32.4. The van der Waals surface area contributed by atoms with Crippen molar-refractivity contribution in [2.24, 2.45) is 9.98 Å². The predicted octanol–water partition coefficient (Wildman–Crippen LogP) is 8.21. The first-order chi connectivity index (χ1) is 15.5. The van der Waals surface area contributed by atoms with Crippen LogP contribution in [0, 0.1) is 0 Å². The van der Waals surface area contributed by atoms with Gasteiger partial charge in [0.25, 0.3) is 0 Å². The van der Waals surface area contributed by atoms with E-state index >= 15 is 0 Å². The van der Waals surface area contributed by atoms with E-state index in [1.807, 2.05) is 98.8 Å². The molecule has 4 rings (SSSR count). The highest BCUT2D eigenvalue weighted by Crippen LogP contribution is 2.37. The van der Waals surface area contributed by atoms with E-state index in [2.05, 4.69) is 37.4 Å². The van der Waals surface area contributed by atoms with Crippen LogP contribution in [0.5, 0.6) is 0 Å².